The van der Waals surface area contributed by atoms with Crippen molar-refractivity contribution in [2.45, 2.75) is 45.9 Å². The van der Waals surface area contributed by atoms with Gasteiger partial charge in [-0.2, -0.15) is 0 Å². The fourth-order valence-corrected chi connectivity index (χ4v) is 4.26. The number of aromatic nitrogens is 1. The summed E-state index contributed by atoms with van der Waals surface area (Å²) in [6.07, 6.45) is 1.86. The minimum absolute atomic E-state index is 0.231. The molecule has 3 aromatic rings. The average Bonchev–Trinajstić information content (AvgIpc) is 2.94. The van der Waals surface area contributed by atoms with E-state index >= 15 is 0 Å². The number of hydrogen-bond acceptors (Lipinski definition) is 7. The number of hydrogen-bond donors (Lipinski definition) is 2. The van der Waals surface area contributed by atoms with Gasteiger partial charge in [-0.25, -0.2) is 4.79 Å². The van der Waals surface area contributed by atoms with Gasteiger partial charge in [0.05, 0.1) is 32.6 Å². The lowest BCUT2D eigenvalue weighted by molar-refractivity contribution is 0.0222. The Morgan fingerprint density at radius 2 is 1.70 bits per heavy atom. The van der Waals surface area contributed by atoms with Gasteiger partial charge in [-0.15, -0.1) is 0 Å². The third kappa shape index (κ3) is 7.07. The second-order valence-corrected chi connectivity index (χ2v) is 10.4. The SMILES string of the molecule is COc1ccc(C(=O)NCc2cccc(C(=O)Nc3cnc4c(c3)CN(C(=O)OC(C)(C)C)CC4)c2)cc1OC. The Morgan fingerprint density at radius 1 is 0.950 bits per heavy atom. The summed E-state index contributed by atoms with van der Waals surface area (Å²) in [5.74, 6) is 0.404. The average molecular weight is 547 g/mol. The maximum absolute atomic E-state index is 13.0. The number of nitrogens with zero attached hydrogens (tertiary/aromatic N) is 2. The van der Waals surface area contributed by atoms with Gasteiger partial charge in [0, 0.05) is 36.3 Å². The van der Waals surface area contributed by atoms with Crippen LogP contribution in [0.2, 0.25) is 0 Å². The highest BCUT2D eigenvalue weighted by molar-refractivity contribution is 6.04. The van der Waals surface area contributed by atoms with Crippen LogP contribution in [-0.2, 0) is 24.2 Å². The zero-order valence-electron chi connectivity index (χ0n) is 23.4. The molecule has 40 heavy (non-hydrogen) atoms. The highest BCUT2D eigenvalue weighted by Gasteiger charge is 2.26. The van der Waals surface area contributed by atoms with Crippen molar-refractivity contribution in [2.24, 2.45) is 0 Å². The number of rotatable bonds is 7. The van der Waals surface area contributed by atoms with Gasteiger partial charge in [0.25, 0.3) is 11.8 Å². The molecule has 210 valence electrons. The summed E-state index contributed by atoms with van der Waals surface area (Å²) in [6, 6.07) is 13.8. The maximum Gasteiger partial charge on any atom is 0.410 e. The maximum atomic E-state index is 13.0. The Kier molecular flexibility index (Phi) is 8.57. The lowest BCUT2D eigenvalue weighted by atomic mass is 10.1. The van der Waals surface area contributed by atoms with Crippen LogP contribution >= 0.6 is 0 Å². The Morgan fingerprint density at radius 3 is 2.42 bits per heavy atom. The van der Waals surface area contributed by atoms with Gasteiger partial charge in [0.1, 0.15) is 5.60 Å². The minimum atomic E-state index is -0.577. The highest BCUT2D eigenvalue weighted by Crippen LogP contribution is 2.27. The largest absolute Gasteiger partial charge is 0.493 e. The van der Waals surface area contributed by atoms with E-state index in [0.29, 0.717) is 47.8 Å². The van der Waals surface area contributed by atoms with E-state index in [0.717, 1.165) is 16.8 Å². The molecule has 4 rings (SSSR count). The Labute approximate surface area is 233 Å². The predicted molar refractivity (Wildman–Crippen MR) is 150 cm³/mol. The molecule has 2 N–H and O–H groups in total. The molecule has 2 aromatic carbocycles. The quantitative estimate of drug-likeness (QED) is 0.445. The third-order valence-corrected chi connectivity index (χ3v) is 6.24. The second kappa shape index (κ2) is 12.1. The normalized spacial score (nSPS) is 12.7. The van der Waals surface area contributed by atoms with E-state index in [1.807, 2.05) is 32.9 Å². The van der Waals surface area contributed by atoms with Gasteiger partial charge < -0.3 is 29.7 Å². The number of ether oxygens (including phenoxy) is 3. The van der Waals surface area contributed by atoms with Gasteiger partial charge >= 0.3 is 6.09 Å². The van der Waals surface area contributed by atoms with Crippen LogP contribution in [0.5, 0.6) is 11.5 Å². The second-order valence-electron chi connectivity index (χ2n) is 10.4. The van der Waals surface area contributed by atoms with E-state index in [9.17, 15) is 14.4 Å². The first kappa shape index (κ1) is 28.4. The van der Waals surface area contributed by atoms with Crippen molar-refractivity contribution in [1.82, 2.24) is 15.2 Å². The van der Waals surface area contributed by atoms with Crippen LogP contribution in [-0.4, -0.2) is 54.2 Å². The number of nitrogens with one attached hydrogen (secondary N) is 2. The summed E-state index contributed by atoms with van der Waals surface area (Å²) in [5.41, 5.74) is 3.33. The standard InChI is InChI=1S/C30H34N4O6/c1-30(2,3)40-29(37)34-12-11-24-22(18-34)14-23(17-31-24)33-28(36)20-8-6-7-19(13-20)16-32-27(35)21-9-10-25(38-4)26(15-21)39-5/h6-10,13-15,17H,11-12,16,18H2,1-5H3,(H,32,35)(H,33,36). The van der Waals surface area contributed by atoms with Crippen molar-refractivity contribution in [3.63, 3.8) is 0 Å². The smallest absolute Gasteiger partial charge is 0.410 e. The van der Waals surface area contributed by atoms with Gasteiger partial charge in [-0.05, 0) is 68.3 Å². The molecule has 0 atom stereocenters. The van der Waals surface area contributed by atoms with Crippen LogP contribution in [0.15, 0.2) is 54.7 Å². The number of anilines is 1. The van der Waals surface area contributed by atoms with Gasteiger partial charge in [0.15, 0.2) is 11.5 Å². The summed E-state index contributed by atoms with van der Waals surface area (Å²) < 4.78 is 16.0. The van der Waals surface area contributed by atoms with Crippen LogP contribution < -0.4 is 20.1 Å². The molecular weight excluding hydrogens is 512 g/mol. The zero-order valence-corrected chi connectivity index (χ0v) is 23.4. The molecule has 1 aromatic heterocycles. The molecule has 0 radical (unpaired) electrons. The van der Waals surface area contributed by atoms with E-state index < -0.39 is 5.60 Å². The molecular formula is C30H34N4O6. The number of carbonyl (C=O) groups is 3. The summed E-state index contributed by atoms with van der Waals surface area (Å²) in [6.45, 7) is 6.61. The third-order valence-electron chi connectivity index (χ3n) is 6.24. The lowest BCUT2D eigenvalue weighted by Crippen LogP contribution is -2.40. The Bertz CT molecular complexity index is 1420. The molecule has 1 aliphatic heterocycles. The number of pyridine rings is 1. The van der Waals surface area contributed by atoms with Crippen LogP contribution in [0.4, 0.5) is 10.5 Å². The van der Waals surface area contributed by atoms with Gasteiger partial charge in [0.2, 0.25) is 0 Å². The molecule has 10 heteroatoms. The molecule has 3 amide bonds. The highest BCUT2D eigenvalue weighted by atomic mass is 16.6. The zero-order chi connectivity index (χ0) is 28.9. The van der Waals surface area contributed by atoms with E-state index in [1.54, 1.807) is 47.5 Å². The van der Waals surface area contributed by atoms with Gasteiger partial charge in [-0.1, -0.05) is 12.1 Å². The molecule has 10 nitrogen and oxygen atoms in total. The number of amides is 3. The molecule has 0 saturated heterocycles. The van der Waals surface area contributed by atoms with Crippen molar-refractivity contribution < 1.29 is 28.6 Å². The van der Waals surface area contributed by atoms with Crippen LogP contribution in [0.25, 0.3) is 0 Å². The fourth-order valence-electron chi connectivity index (χ4n) is 4.26. The molecule has 0 spiro atoms. The molecule has 0 saturated carbocycles. The number of carbonyl (C=O) groups excluding carboxylic acids is 3. The Hall–Kier alpha value is -4.60. The molecule has 1 aliphatic rings. The van der Waals surface area contributed by atoms with Crippen molar-refractivity contribution in [3.8, 4) is 11.5 Å². The first-order valence-electron chi connectivity index (χ1n) is 12.9. The monoisotopic (exact) mass is 546 g/mol. The van der Waals surface area contributed by atoms with Crippen LogP contribution in [0, 0.1) is 0 Å². The van der Waals surface area contributed by atoms with Crippen molar-refractivity contribution in [2.75, 3.05) is 26.1 Å². The number of methoxy groups -OCH3 is 2. The molecule has 0 bridgehead atoms. The first-order chi connectivity index (χ1) is 19.1. The summed E-state index contributed by atoms with van der Waals surface area (Å²) in [4.78, 5) is 44.3. The van der Waals surface area contributed by atoms with E-state index in [4.69, 9.17) is 14.2 Å². The van der Waals surface area contributed by atoms with Crippen molar-refractivity contribution in [3.05, 3.63) is 82.7 Å². The van der Waals surface area contributed by atoms with Crippen LogP contribution in [0.1, 0.15) is 58.3 Å². The lowest BCUT2D eigenvalue weighted by Gasteiger charge is -2.31. The fraction of sp³-hybridized carbons (Fsp3) is 0.333. The van der Waals surface area contributed by atoms with Crippen molar-refractivity contribution >= 4 is 23.6 Å². The van der Waals surface area contributed by atoms with E-state index in [1.165, 1.54) is 14.2 Å². The molecule has 0 aliphatic carbocycles. The first-order valence-corrected chi connectivity index (χ1v) is 12.9. The summed E-state index contributed by atoms with van der Waals surface area (Å²) in [5, 5.41) is 5.74. The predicted octanol–water partition coefficient (Wildman–Crippen LogP) is 4.57. The van der Waals surface area contributed by atoms with E-state index in [-0.39, 0.29) is 24.5 Å². The number of fused-ring (bicyclic) bond motifs is 1. The van der Waals surface area contributed by atoms with E-state index in [2.05, 4.69) is 15.6 Å². The molecule has 0 unspecified atom stereocenters. The topological polar surface area (TPSA) is 119 Å². The summed E-state index contributed by atoms with van der Waals surface area (Å²) >= 11 is 0. The Balaban J connectivity index is 1.38. The number of benzene rings is 2. The summed E-state index contributed by atoms with van der Waals surface area (Å²) in [7, 11) is 3.04. The molecule has 0 fully saturated rings. The minimum Gasteiger partial charge on any atom is -0.493 e. The molecule has 2 heterocycles. The van der Waals surface area contributed by atoms with Crippen molar-refractivity contribution in [1.29, 1.82) is 0 Å². The van der Waals surface area contributed by atoms with Crippen LogP contribution in [0.3, 0.4) is 0 Å². The van der Waals surface area contributed by atoms with Gasteiger partial charge in [-0.3, -0.25) is 14.6 Å².